The Labute approximate surface area is 217 Å². The van der Waals surface area contributed by atoms with Gasteiger partial charge in [-0.15, -0.1) is 11.8 Å². The molecular formula is C27H28N2O5S2. The maximum absolute atomic E-state index is 13.2. The number of methoxy groups -OCH3 is 2. The number of fused-ring (bicyclic) bond motifs is 6. The third kappa shape index (κ3) is 3.89. The molecule has 2 N–H and O–H groups in total. The van der Waals surface area contributed by atoms with Crippen LogP contribution in [0.1, 0.15) is 35.6 Å². The summed E-state index contributed by atoms with van der Waals surface area (Å²) in [7, 11) is 3.28. The summed E-state index contributed by atoms with van der Waals surface area (Å²) in [6.45, 7) is -0.0390. The van der Waals surface area contributed by atoms with Gasteiger partial charge < -0.3 is 19.9 Å². The Morgan fingerprint density at radius 2 is 1.83 bits per heavy atom. The Morgan fingerprint density at radius 1 is 1.08 bits per heavy atom. The number of rotatable bonds is 6. The van der Waals surface area contributed by atoms with Crippen LogP contribution in [0.4, 0.5) is 5.69 Å². The van der Waals surface area contributed by atoms with E-state index in [9.17, 15) is 14.7 Å². The van der Waals surface area contributed by atoms with Crippen molar-refractivity contribution in [1.29, 1.82) is 0 Å². The zero-order valence-electron chi connectivity index (χ0n) is 20.1. The van der Waals surface area contributed by atoms with Crippen LogP contribution in [0, 0.1) is 17.8 Å². The van der Waals surface area contributed by atoms with Crippen LogP contribution < -0.4 is 19.7 Å². The predicted molar refractivity (Wildman–Crippen MR) is 141 cm³/mol. The average Bonchev–Trinajstić information content (AvgIpc) is 3.58. The van der Waals surface area contributed by atoms with Crippen molar-refractivity contribution in [1.82, 2.24) is 4.57 Å². The van der Waals surface area contributed by atoms with Gasteiger partial charge in [-0.05, 0) is 79.0 Å². The standard InChI is InChI=1S/C27H28N2O5S2/c1-33-19-10-5-15(12-20(19)34-2)23-22-14-3-4-16(11-14)24(22)35-26-25(23)36-27(32)29(26)13-21(31)28-17-6-8-18(30)9-7-17/h5-10,12,14,16,22-24,30H,3-4,11,13H2,1-2H3,(H,28,31). The second-order valence-electron chi connectivity index (χ2n) is 9.80. The molecule has 7 nitrogen and oxygen atoms in total. The Balaban J connectivity index is 1.38. The van der Waals surface area contributed by atoms with Gasteiger partial charge in [0.15, 0.2) is 11.5 Å². The number of anilines is 1. The lowest BCUT2D eigenvalue weighted by Gasteiger charge is -2.40. The van der Waals surface area contributed by atoms with Crippen molar-refractivity contribution in [2.75, 3.05) is 19.5 Å². The molecule has 5 unspecified atom stereocenters. The number of phenols is 1. The van der Waals surface area contributed by atoms with E-state index in [-0.39, 0.29) is 29.0 Å². The molecule has 1 amide bonds. The second-order valence-corrected chi connectivity index (χ2v) is 12.0. The van der Waals surface area contributed by atoms with Gasteiger partial charge in [0.2, 0.25) is 5.91 Å². The smallest absolute Gasteiger partial charge is 0.308 e. The van der Waals surface area contributed by atoms with E-state index in [4.69, 9.17) is 9.47 Å². The van der Waals surface area contributed by atoms with E-state index in [1.165, 1.54) is 42.7 Å². The molecule has 5 atom stereocenters. The van der Waals surface area contributed by atoms with Crippen molar-refractivity contribution in [3.05, 3.63) is 62.6 Å². The van der Waals surface area contributed by atoms with Gasteiger partial charge in [0.25, 0.3) is 0 Å². The summed E-state index contributed by atoms with van der Waals surface area (Å²) in [5.74, 6) is 3.12. The summed E-state index contributed by atoms with van der Waals surface area (Å²) in [5, 5.41) is 13.7. The number of phenolic OH excluding ortho intramolecular Hbond substituents is 1. The molecule has 1 aromatic heterocycles. The third-order valence-electron chi connectivity index (χ3n) is 7.91. The van der Waals surface area contributed by atoms with E-state index in [2.05, 4.69) is 17.4 Å². The molecule has 188 valence electrons. The molecule has 0 spiro atoms. The Morgan fingerprint density at radius 3 is 2.58 bits per heavy atom. The molecule has 1 aliphatic heterocycles. The van der Waals surface area contributed by atoms with Crippen LogP contribution in [0.2, 0.25) is 0 Å². The highest BCUT2D eigenvalue weighted by Crippen LogP contribution is 2.64. The summed E-state index contributed by atoms with van der Waals surface area (Å²) < 4.78 is 12.7. The molecule has 3 aromatic rings. The highest BCUT2D eigenvalue weighted by atomic mass is 32.2. The largest absolute Gasteiger partial charge is 0.508 e. The van der Waals surface area contributed by atoms with E-state index in [0.29, 0.717) is 40.2 Å². The summed E-state index contributed by atoms with van der Waals surface area (Å²) in [6, 6.07) is 12.4. The average molecular weight is 525 g/mol. The first-order valence-corrected chi connectivity index (χ1v) is 13.9. The maximum atomic E-state index is 13.2. The van der Waals surface area contributed by atoms with Gasteiger partial charge in [-0.25, -0.2) is 0 Å². The summed E-state index contributed by atoms with van der Waals surface area (Å²) in [4.78, 5) is 27.1. The van der Waals surface area contributed by atoms with Crippen molar-refractivity contribution >= 4 is 34.7 Å². The highest BCUT2D eigenvalue weighted by molar-refractivity contribution is 8.00. The predicted octanol–water partition coefficient (Wildman–Crippen LogP) is 4.92. The van der Waals surface area contributed by atoms with Gasteiger partial charge in [0.05, 0.1) is 19.2 Å². The molecular weight excluding hydrogens is 496 g/mol. The number of nitrogens with one attached hydrogen (secondary N) is 1. The summed E-state index contributed by atoms with van der Waals surface area (Å²) >= 11 is 3.08. The zero-order chi connectivity index (χ0) is 25.0. The van der Waals surface area contributed by atoms with Crippen molar-refractivity contribution in [2.24, 2.45) is 17.8 Å². The minimum atomic E-state index is -0.262. The van der Waals surface area contributed by atoms with Crippen LogP contribution in [0.15, 0.2) is 52.3 Å². The maximum Gasteiger partial charge on any atom is 0.308 e. The number of thiazole rings is 1. The van der Waals surface area contributed by atoms with E-state index < -0.39 is 0 Å². The lowest BCUT2D eigenvalue weighted by Crippen LogP contribution is -2.34. The number of thioether (sulfide) groups is 1. The lowest BCUT2D eigenvalue weighted by molar-refractivity contribution is -0.116. The number of benzene rings is 2. The van der Waals surface area contributed by atoms with Gasteiger partial charge in [0.1, 0.15) is 12.3 Å². The SMILES string of the molecule is COc1ccc(C2c3sc(=O)n(CC(=O)Nc4ccc(O)cc4)c3SC3C4CCC(C4)C23)cc1OC. The first-order chi connectivity index (χ1) is 17.5. The molecule has 2 bridgehead atoms. The number of carbonyl (C=O) groups is 1. The lowest BCUT2D eigenvalue weighted by atomic mass is 9.75. The Kier molecular flexibility index (Phi) is 6.00. The minimum Gasteiger partial charge on any atom is -0.508 e. The topological polar surface area (TPSA) is 89.8 Å². The van der Waals surface area contributed by atoms with Crippen LogP contribution >= 0.6 is 23.1 Å². The molecule has 36 heavy (non-hydrogen) atoms. The fourth-order valence-electron chi connectivity index (χ4n) is 6.40. The van der Waals surface area contributed by atoms with Gasteiger partial charge in [-0.3, -0.25) is 14.2 Å². The molecule has 0 radical (unpaired) electrons. The van der Waals surface area contributed by atoms with Crippen LogP contribution in [0.25, 0.3) is 0 Å². The number of aromatic nitrogens is 1. The van der Waals surface area contributed by atoms with Crippen LogP contribution in [-0.4, -0.2) is 35.1 Å². The number of hydrogen-bond acceptors (Lipinski definition) is 7. The molecule has 2 aromatic carbocycles. The fraction of sp³-hybridized carbons (Fsp3) is 0.407. The quantitative estimate of drug-likeness (QED) is 0.445. The summed E-state index contributed by atoms with van der Waals surface area (Å²) in [6.07, 6.45) is 3.73. The molecule has 2 saturated carbocycles. The number of ether oxygens (including phenoxy) is 2. The second kappa shape index (κ2) is 9.19. The van der Waals surface area contributed by atoms with E-state index in [1.807, 2.05) is 17.8 Å². The van der Waals surface area contributed by atoms with Crippen molar-refractivity contribution in [2.45, 2.75) is 42.0 Å². The van der Waals surface area contributed by atoms with Gasteiger partial charge in [-0.2, -0.15) is 0 Å². The third-order valence-corrected chi connectivity index (χ3v) is 10.7. The first kappa shape index (κ1) is 23.5. The van der Waals surface area contributed by atoms with Gasteiger partial charge >= 0.3 is 4.87 Å². The molecule has 3 aliphatic rings. The molecule has 0 saturated heterocycles. The van der Waals surface area contributed by atoms with Gasteiger partial charge in [-0.1, -0.05) is 17.4 Å². The number of hydrogen-bond donors (Lipinski definition) is 2. The molecule has 2 aliphatic carbocycles. The highest BCUT2D eigenvalue weighted by Gasteiger charge is 2.55. The van der Waals surface area contributed by atoms with E-state index >= 15 is 0 Å². The molecule has 6 rings (SSSR count). The van der Waals surface area contributed by atoms with Gasteiger partial charge in [0, 0.05) is 21.7 Å². The van der Waals surface area contributed by atoms with Crippen LogP contribution in [0.5, 0.6) is 17.2 Å². The number of amides is 1. The minimum absolute atomic E-state index is 0.0390. The van der Waals surface area contributed by atoms with E-state index in [1.54, 1.807) is 30.9 Å². The van der Waals surface area contributed by atoms with Crippen molar-refractivity contribution in [3.8, 4) is 17.2 Å². The Hall–Kier alpha value is -2.91. The zero-order valence-corrected chi connectivity index (χ0v) is 21.7. The molecule has 9 heteroatoms. The monoisotopic (exact) mass is 524 g/mol. The van der Waals surface area contributed by atoms with Crippen LogP contribution in [0.3, 0.4) is 0 Å². The van der Waals surface area contributed by atoms with Crippen molar-refractivity contribution in [3.63, 3.8) is 0 Å². The normalized spacial score (nSPS) is 25.8. The summed E-state index contributed by atoms with van der Waals surface area (Å²) in [5.41, 5.74) is 1.72. The van der Waals surface area contributed by atoms with Crippen LogP contribution in [-0.2, 0) is 11.3 Å². The number of nitrogens with zero attached hydrogens (tertiary/aromatic N) is 1. The first-order valence-electron chi connectivity index (χ1n) is 12.2. The van der Waals surface area contributed by atoms with Crippen molar-refractivity contribution < 1.29 is 19.4 Å². The molecule has 2 fully saturated rings. The fourth-order valence-corrected chi connectivity index (χ4v) is 9.55. The molecule has 2 heterocycles. The number of aromatic hydroxyl groups is 1. The number of carbonyl (C=O) groups excluding carboxylic acids is 1. The van der Waals surface area contributed by atoms with E-state index in [0.717, 1.165) is 15.5 Å². The Bertz CT molecular complexity index is 1370.